The predicted octanol–water partition coefficient (Wildman–Crippen LogP) is -0.185. The third kappa shape index (κ3) is 1.81. The number of aryl methyl sites for hydroxylation is 1. The lowest BCUT2D eigenvalue weighted by atomic mass is 10.2. The van der Waals surface area contributed by atoms with Gasteiger partial charge < -0.3 is 10.8 Å². The minimum Gasteiger partial charge on any atom is -0.396 e. The average molecular weight is 207 g/mol. The van der Waals surface area contributed by atoms with Crippen molar-refractivity contribution in [3.63, 3.8) is 0 Å². The molecule has 1 atom stereocenters. The van der Waals surface area contributed by atoms with Crippen LogP contribution in [0, 0.1) is 6.92 Å². The first kappa shape index (κ1) is 10.0. The van der Waals surface area contributed by atoms with Crippen molar-refractivity contribution in [3.05, 3.63) is 23.9 Å². The maximum Gasteiger partial charge on any atom is 0.163 e. The van der Waals surface area contributed by atoms with E-state index in [2.05, 4.69) is 15.2 Å². The minimum absolute atomic E-state index is 0.0371. The fourth-order valence-corrected chi connectivity index (χ4v) is 1.43. The first-order chi connectivity index (χ1) is 7.22. The topological polar surface area (TPSA) is 89.3 Å². The van der Waals surface area contributed by atoms with Gasteiger partial charge in [0, 0.05) is 18.4 Å². The fraction of sp³-hybridized carbons (Fsp3) is 0.444. The second-order valence-electron chi connectivity index (χ2n) is 3.44. The number of rotatable bonds is 3. The molecule has 0 saturated carbocycles. The Bertz CT molecular complexity index is 466. The number of aromatic nitrogens is 4. The highest BCUT2D eigenvalue weighted by molar-refractivity contribution is 5.38. The van der Waals surface area contributed by atoms with Gasteiger partial charge in [-0.1, -0.05) is 0 Å². The first-order valence-corrected chi connectivity index (χ1v) is 4.76. The molecule has 0 radical (unpaired) electrons. The zero-order chi connectivity index (χ0) is 10.8. The van der Waals surface area contributed by atoms with E-state index < -0.39 is 0 Å². The van der Waals surface area contributed by atoms with Gasteiger partial charge in [0.2, 0.25) is 0 Å². The summed E-state index contributed by atoms with van der Waals surface area (Å²) in [5.74, 6) is 0.631. The molecular weight excluding hydrogens is 194 g/mol. The molecule has 0 bridgehead atoms. The molecule has 0 spiro atoms. The molecule has 1 unspecified atom stereocenters. The molecule has 2 aromatic rings. The number of aliphatic hydroxyl groups is 1. The van der Waals surface area contributed by atoms with Crippen LogP contribution in [0.5, 0.6) is 0 Å². The number of hydrogen-bond donors (Lipinski definition) is 2. The van der Waals surface area contributed by atoms with Gasteiger partial charge in [-0.15, -0.1) is 10.2 Å². The Morgan fingerprint density at radius 2 is 2.33 bits per heavy atom. The normalized spacial score (nSPS) is 13.3. The smallest absolute Gasteiger partial charge is 0.163 e. The summed E-state index contributed by atoms with van der Waals surface area (Å²) >= 11 is 0. The Balaban J connectivity index is 2.44. The molecule has 15 heavy (non-hydrogen) atoms. The van der Waals surface area contributed by atoms with Crippen molar-refractivity contribution in [1.29, 1.82) is 0 Å². The van der Waals surface area contributed by atoms with Gasteiger partial charge in [-0.25, -0.2) is 4.98 Å². The van der Waals surface area contributed by atoms with E-state index in [0.717, 1.165) is 11.3 Å². The van der Waals surface area contributed by atoms with Gasteiger partial charge in [0.25, 0.3) is 0 Å². The van der Waals surface area contributed by atoms with Crippen molar-refractivity contribution >= 4 is 5.65 Å². The largest absolute Gasteiger partial charge is 0.396 e. The number of nitrogens with two attached hydrogens (primary N) is 1. The summed E-state index contributed by atoms with van der Waals surface area (Å²) in [6.45, 7) is 1.93. The fourth-order valence-electron chi connectivity index (χ4n) is 1.43. The zero-order valence-corrected chi connectivity index (χ0v) is 8.46. The molecule has 6 nitrogen and oxygen atoms in total. The van der Waals surface area contributed by atoms with E-state index in [0.29, 0.717) is 12.2 Å². The molecular formula is C9H13N5O. The number of fused-ring (bicyclic) bond motifs is 1. The van der Waals surface area contributed by atoms with E-state index in [9.17, 15) is 0 Å². The summed E-state index contributed by atoms with van der Waals surface area (Å²) in [5, 5.41) is 16.8. The maximum absolute atomic E-state index is 8.80. The van der Waals surface area contributed by atoms with Gasteiger partial charge in [-0.3, -0.25) is 4.40 Å². The number of nitrogens with zero attached hydrogens (tertiary/aromatic N) is 4. The van der Waals surface area contributed by atoms with Crippen molar-refractivity contribution in [3.8, 4) is 0 Å². The van der Waals surface area contributed by atoms with Crippen LogP contribution in [0.2, 0.25) is 0 Å². The molecule has 0 aromatic carbocycles. The van der Waals surface area contributed by atoms with Crippen molar-refractivity contribution in [2.45, 2.75) is 19.4 Å². The van der Waals surface area contributed by atoms with Crippen molar-refractivity contribution in [2.24, 2.45) is 5.73 Å². The highest BCUT2D eigenvalue weighted by atomic mass is 16.3. The third-order valence-corrected chi connectivity index (χ3v) is 2.24. The molecule has 0 fully saturated rings. The highest BCUT2D eigenvalue weighted by Gasteiger charge is 2.13. The van der Waals surface area contributed by atoms with Gasteiger partial charge in [-0.05, 0) is 13.3 Å². The molecule has 0 aliphatic carbocycles. The number of aliphatic hydroxyl groups excluding tert-OH is 1. The van der Waals surface area contributed by atoms with Gasteiger partial charge in [0.05, 0.1) is 6.04 Å². The molecule has 3 N–H and O–H groups in total. The molecule has 0 aliphatic heterocycles. The van der Waals surface area contributed by atoms with Crippen LogP contribution in [0.15, 0.2) is 12.4 Å². The molecule has 0 saturated heterocycles. The standard InChI is InChI=1S/C9H13N5O/c1-6-4-8-12-13-9(7(10)2-3-15)14(8)5-11-6/h4-5,7,15H,2-3,10H2,1H3. The first-order valence-electron chi connectivity index (χ1n) is 4.76. The summed E-state index contributed by atoms with van der Waals surface area (Å²) in [4.78, 5) is 4.15. The van der Waals surface area contributed by atoms with Gasteiger partial charge in [0.15, 0.2) is 11.5 Å². The Morgan fingerprint density at radius 1 is 1.53 bits per heavy atom. The van der Waals surface area contributed by atoms with E-state index in [1.807, 2.05) is 13.0 Å². The molecule has 80 valence electrons. The average Bonchev–Trinajstić information content (AvgIpc) is 2.60. The molecule has 6 heteroatoms. The van der Waals surface area contributed by atoms with E-state index in [1.165, 1.54) is 0 Å². The Hall–Kier alpha value is -1.53. The lowest BCUT2D eigenvalue weighted by Gasteiger charge is -2.06. The molecule has 0 amide bonds. The van der Waals surface area contributed by atoms with Crippen LogP contribution >= 0.6 is 0 Å². The lowest BCUT2D eigenvalue weighted by molar-refractivity contribution is 0.274. The molecule has 0 aliphatic rings. The van der Waals surface area contributed by atoms with Gasteiger partial charge in [-0.2, -0.15) is 0 Å². The summed E-state index contributed by atoms with van der Waals surface area (Å²) in [6, 6.07) is 1.52. The van der Waals surface area contributed by atoms with E-state index >= 15 is 0 Å². The molecule has 2 rings (SSSR count). The Kier molecular flexibility index (Phi) is 2.61. The van der Waals surface area contributed by atoms with E-state index in [4.69, 9.17) is 10.8 Å². The third-order valence-electron chi connectivity index (χ3n) is 2.24. The second kappa shape index (κ2) is 3.92. The summed E-state index contributed by atoms with van der Waals surface area (Å²) in [6.07, 6.45) is 2.12. The van der Waals surface area contributed by atoms with Crippen LogP contribution in [0.1, 0.15) is 24.0 Å². The summed E-state index contributed by atoms with van der Waals surface area (Å²) in [5.41, 5.74) is 7.46. The quantitative estimate of drug-likeness (QED) is 0.728. The van der Waals surface area contributed by atoms with Crippen LogP contribution in [0.3, 0.4) is 0 Å². The molecule has 2 aromatic heterocycles. The van der Waals surface area contributed by atoms with Crippen LogP contribution in [0.4, 0.5) is 0 Å². The summed E-state index contributed by atoms with van der Waals surface area (Å²) in [7, 11) is 0. The minimum atomic E-state index is -0.311. The monoisotopic (exact) mass is 207 g/mol. The van der Waals surface area contributed by atoms with E-state index in [1.54, 1.807) is 10.7 Å². The highest BCUT2D eigenvalue weighted by Crippen LogP contribution is 2.12. The summed E-state index contributed by atoms with van der Waals surface area (Å²) < 4.78 is 1.74. The SMILES string of the molecule is Cc1cc2nnc(C(N)CCO)n2cn1. The predicted molar refractivity (Wildman–Crippen MR) is 54.2 cm³/mol. The zero-order valence-electron chi connectivity index (χ0n) is 8.46. The van der Waals surface area contributed by atoms with Crippen molar-refractivity contribution in [2.75, 3.05) is 6.61 Å². The van der Waals surface area contributed by atoms with Gasteiger partial charge >= 0.3 is 0 Å². The van der Waals surface area contributed by atoms with Crippen molar-refractivity contribution in [1.82, 2.24) is 19.6 Å². The second-order valence-corrected chi connectivity index (χ2v) is 3.44. The van der Waals surface area contributed by atoms with E-state index in [-0.39, 0.29) is 12.6 Å². The van der Waals surface area contributed by atoms with Crippen molar-refractivity contribution < 1.29 is 5.11 Å². The number of hydrogen-bond acceptors (Lipinski definition) is 5. The maximum atomic E-state index is 8.80. The Labute approximate surface area is 86.8 Å². The van der Waals surface area contributed by atoms with Gasteiger partial charge in [0.1, 0.15) is 6.33 Å². The van der Waals surface area contributed by atoms with Crippen LogP contribution in [-0.2, 0) is 0 Å². The van der Waals surface area contributed by atoms with Crippen LogP contribution in [-0.4, -0.2) is 31.3 Å². The Morgan fingerprint density at radius 3 is 3.07 bits per heavy atom. The molecule has 2 heterocycles. The van der Waals surface area contributed by atoms with Crippen LogP contribution in [0.25, 0.3) is 5.65 Å². The lowest BCUT2D eigenvalue weighted by Crippen LogP contribution is -2.15. The van der Waals surface area contributed by atoms with Crippen LogP contribution < -0.4 is 5.73 Å².